The molecule has 3 rings (SSSR count). The summed E-state index contributed by atoms with van der Waals surface area (Å²) >= 11 is 7.48. The summed E-state index contributed by atoms with van der Waals surface area (Å²) < 4.78 is 25.8. The predicted octanol–water partition coefficient (Wildman–Crippen LogP) is 4.52. The molecule has 0 unspecified atom stereocenters. The van der Waals surface area contributed by atoms with Crippen LogP contribution in [0.25, 0.3) is 10.2 Å². The number of hydrogen-bond acceptors (Lipinski definition) is 6. The summed E-state index contributed by atoms with van der Waals surface area (Å²) in [6.45, 7) is 1.15. The highest BCUT2D eigenvalue weighted by Crippen LogP contribution is 2.31. The maximum absolute atomic E-state index is 13.0. The van der Waals surface area contributed by atoms with E-state index in [9.17, 15) is 13.2 Å². The van der Waals surface area contributed by atoms with Crippen molar-refractivity contribution in [2.24, 2.45) is 0 Å². The van der Waals surface area contributed by atoms with E-state index in [1.54, 1.807) is 41.3 Å². The number of halogens is 2. The van der Waals surface area contributed by atoms with Crippen molar-refractivity contribution in [3.63, 3.8) is 0 Å². The van der Waals surface area contributed by atoms with Crippen LogP contribution in [0.1, 0.15) is 12.8 Å². The molecule has 1 amide bonds. The van der Waals surface area contributed by atoms with E-state index < -0.39 is 9.84 Å². The van der Waals surface area contributed by atoms with Crippen LogP contribution in [0.2, 0.25) is 5.02 Å². The average Bonchev–Trinajstić information content (AvgIpc) is 3.11. The number of rotatable bonds is 9. The molecule has 2 aromatic carbocycles. The monoisotopic (exact) mass is 501 g/mol. The molecule has 1 heterocycles. The van der Waals surface area contributed by atoms with Crippen LogP contribution in [0.4, 0.5) is 5.13 Å². The molecule has 6 nitrogen and oxygen atoms in total. The number of amides is 1. The van der Waals surface area contributed by atoms with Crippen molar-refractivity contribution in [3.8, 4) is 0 Å². The number of anilines is 1. The van der Waals surface area contributed by atoms with E-state index in [1.807, 2.05) is 31.1 Å². The van der Waals surface area contributed by atoms with Crippen LogP contribution >= 0.6 is 35.3 Å². The molecule has 0 spiro atoms. The number of hydrogen-bond donors (Lipinski definition) is 0. The molecular weight excluding hydrogens is 477 g/mol. The molecule has 31 heavy (non-hydrogen) atoms. The molecule has 168 valence electrons. The van der Waals surface area contributed by atoms with Crippen LogP contribution < -0.4 is 4.90 Å². The van der Waals surface area contributed by atoms with Gasteiger partial charge in [0.1, 0.15) is 0 Å². The number of benzene rings is 2. The van der Waals surface area contributed by atoms with Crippen LogP contribution in [-0.2, 0) is 14.6 Å². The fourth-order valence-electron chi connectivity index (χ4n) is 2.92. The summed E-state index contributed by atoms with van der Waals surface area (Å²) in [7, 11) is 0.471. The molecule has 0 bridgehead atoms. The third-order valence-electron chi connectivity index (χ3n) is 4.55. The van der Waals surface area contributed by atoms with Gasteiger partial charge in [0.25, 0.3) is 0 Å². The summed E-state index contributed by atoms with van der Waals surface area (Å²) in [5.74, 6) is -0.204. The summed E-state index contributed by atoms with van der Waals surface area (Å²) in [5.41, 5.74) is 0.786. The first-order valence-electron chi connectivity index (χ1n) is 9.55. The van der Waals surface area contributed by atoms with Gasteiger partial charge in [-0.05, 0) is 50.8 Å². The molecule has 10 heteroatoms. The number of nitrogens with zero attached hydrogens (tertiary/aromatic N) is 3. The molecular formula is C21H25Cl2N3O3S2. The third-order valence-corrected chi connectivity index (χ3v) is 7.64. The fraction of sp³-hybridized carbons (Fsp3) is 0.333. The quantitative estimate of drug-likeness (QED) is 0.430. The molecule has 0 aliphatic carbocycles. The molecule has 3 aromatic rings. The highest BCUT2D eigenvalue weighted by molar-refractivity contribution is 7.91. The number of carbonyl (C=O) groups is 1. The lowest BCUT2D eigenvalue weighted by Gasteiger charge is -2.22. The lowest BCUT2D eigenvalue weighted by Crippen LogP contribution is -2.36. The third kappa shape index (κ3) is 6.89. The second kappa shape index (κ2) is 11.2. The van der Waals surface area contributed by atoms with Gasteiger partial charge in [0.05, 0.1) is 20.9 Å². The van der Waals surface area contributed by atoms with E-state index in [0.29, 0.717) is 23.2 Å². The second-order valence-electron chi connectivity index (χ2n) is 7.19. The van der Waals surface area contributed by atoms with Gasteiger partial charge in [-0.15, -0.1) is 12.4 Å². The maximum Gasteiger partial charge on any atom is 0.228 e. The molecule has 1 aromatic heterocycles. The Balaban J connectivity index is 0.00000341. The largest absolute Gasteiger partial charge is 0.308 e. The van der Waals surface area contributed by atoms with Crippen molar-refractivity contribution in [2.75, 3.05) is 37.8 Å². The minimum absolute atomic E-state index is 0. The van der Waals surface area contributed by atoms with Gasteiger partial charge in [-0.25, -0.2) is 13.4 Å². The van der Waals surface area contributed by atoms with E-state index in [0.717, 1.165) is 10.2 Å². The minimum Gasteiger partial charge on any atom is -0.308 e. The predicted molar refractivity (Wildman–Crippen MR) is 131 cm³/mol. The lowest BCUT2D eigenvalue weighted by atomic mass is 10.3. The van der Waals surface area contributed by atoms with Gasteiger partial charge in [0.2, 0.25) is 5.91 Å². The lowest BCUT2D eigenvalue weighted by molar-refractivity contribution is -0.118. The first-order chi connectivity index (χ1) is 14.3. The standard InChI is InChI=1S/C21H24ClN3O3S2.ClH/c1-24(2)12-13-25(21-23-18-11-10-16(22)15-19(18)29-21)20(26)9-6-14-30(27,28)17-7-4-3-5-8-17;/h3-5,7-8,10-11,15H,6,9,12-14H2,1-2H3;1H. The van der Waals surface area contributed by atoms with Crippen molar-refractivity contribution in [3.05, 3.63) is 53.6 Å². The number of fused-ring (bicyclic) bond motifs is 1. The molecule has 0 saturated heterocycles. The Labute approximate surface area is 198 Å². The molecule has 0 saturated carbocycles. The molecule has 0 aliphatic heterocycles. The summed E-state index contributed by atoms with van der Waals surface area (Å²) in [6, 6.07) is 13.8. The van der Waals surface area contributed by atoms with Crippen molar-refractivity contribution >= 4 is 66.4 Å². The number of sulfone groups is 1. The number of aromatic nitrogens is 1. The van der Waals surface area contributed by atoms with Crippen LogP contribution in [0, 0.1) is 0 Å². The molecule has 0 aliphatic rings. The van der Waals surface area contributed by atoms with Gasteiger partial charge >= 0.3 is 0 Å². The Kier molecular flexibility index (Phi) is 9.27. The first kappa shape index (κ1) is 25.5. The topological polar surface area (TPSA) is 70.6 Å². The molecule has 0 atom stereocenters. The van der Waals surface area contributed by atoms with Crippen LogP contribution in [-0.4, -0.2) is 57.1 Å². The van der Waals surface area contributed by atoms with Gasteiger partial charge in [0.15, 0.2) is 15.0 Å². The molecule has 0 radical (unpaired) electrons. The van der Waals surface area contributed by atoms with E-state index in [4.69, 9.17) is 11.6 Å². The zero-order chi connectivity index (χ0) is 21.7. The Morgan fingerprint density at radius 2 is 1.81 bits per heavy atom. The van der Waals surface area contributed by atoms with Crippen molar-refractivity contribution in [2.45, 2.75) is 17.7 Å². The Morgan fingerprint density at radius 3 is 2.48 bits per heavy atom. The zero-order valence-corrected chi connectivity index (χ0v) is 20.5. The number of thiazole rings is 1. The average molecular weight is 502 g/mol. The number of likely N-dealkylation sites (N-methyl/N-ethyl adjacent to an activating group) is 1. The van der Waals surface area contributed by atoms with Crippen molar-refractivity contribution in [1.82, 2.24) is 9.88 Å². The van der Waals surface area contributed by atoms with Gasteiger partial charge in [-0.1, -0.05) is 41.1 Å². The Bertz CT molecular complexity index is 1120. The van der Waals surface area contributed by atoms with Gasteiger partial charge in [-0.3, -0.25) is 9.69 Å². The normalized spacial score (nSPS) is 11.5. The highest BCUT2D eigenvalue weighted by atomic mass is 35.5. The second-order valence-corrected chi connectivity index (χ2v) is 10.7. The summed E-state index contributed by atoms with van der Waals surface area (Å²) in [4.78, 5) is 21.5. The Morgan fingerprint density at radius 1 is 1.10 bits per heavy atom. The number of carbonyl (C=O) groups excluding carboxylic acids is 1. The zero-order valence-electron chi connectivity index (χ0n) is 17.3. The minimum atomic E-state index is -3.40. The van der Waals surface area contributed by atoms with Crippen LogP contribution in [0.5, 0.6) is 0 Å². The summed E-state index contributed by atoms with van der Waals surface area (Å²) in [6.07, 6.45) is 0.390. The molecule has 0 N–H and O–H groups in total. The summed E-state index contributed by atoms with van der Waals surface area (Å²) in [5, 5.41) is 1.22. The van der Waals surface area contributed by atoms with Gasteiger partial charge in [0, 0.05) is 24.5 Å². The van der Waals surface area contributed by atoms with Gasteiger partial charge < -0.3 is 4.90 Å². The first-order valence-corrected chi connectivity index (χ1v) is 12.4. The van der Waals surface area contributed by atoms with E-state index in [2.05, 4.69) is 4.98 Å². The SMILES string of the molecule is CN(C)CCN(C(=O)CCCS(=O)(=O)c1ccccc1)c1nc2ccc(Cl)cc2s1.Cl. The molecule has 0 fully saturated rings. The smallest absolute Gasteiger partial charge is 0.228 e. The highest BCUT2D eigenvalue weighted by Gasteiger charge is 2.21. The van der Waals surface area contributed by atoms with Gasteiger partial charge in [-0.2, -0.15) is 0 Å². The Hall–Kier alpha value is -1.71. The van der Waals surface area contributed by atoms with Crippen LogP contribution in [0.3, 0.4) is 0 Å². The van der Waals surface area contributed by atoms with E-state index in [-0.39, 0.29) is 41.8 Å². The maximum atomic E-state index is 13.0. The van der Waals surface area contributed by atoms with Crippen LogP contribution in [0.15, 0.2) is 53.4 Å². The van der Waals surface area contributed by atoms with E-state index in [1.165, 1.54) is 11.3 Å². The fourth-order valence-corrected chi connectivity index (χ4v) is 5.54. The van der Waals surface area contributed by atoms with E-state index >= 15 is 0 Å². The van der Waals surface area contributed by atoms with Crippen molar-refractivity contribution in [1.29, 1.82) is 0 Å². The van der Waals surface area contributed by atoms with Crippen molar-refractivity contribution < 1.29 is 13.2 Å².